The molecule has 6 unspecified atom stereocenters. The lowest BCUT2D eigenvalue weighted by molar-refractivity contribution is -0.242. The lowest BCUT2D eigenvalue weighted by Gasteiger charge is -2.58. The van der Waals surface area contributed by atoms with Gasteiger partial charge in [-0.3, -0.25) is 14.4 Å². The van der Waals surface area contributed by atoms with Crippen LogP contribution in [-0.4, -0.2) is 67.9 Å². The maximum absolute atomic E-state index is 13.4. The van der Waals surface area contributed by atoms with Crippen LogP contribution in [0.3, 0.4) is 0 Å². The molecule has 0 amide bonds. The molecule has 0 radical (unpaired) electrons. The molecular weight excluding hydrogens is 696 g/mol. The predicted molar refractivity (Wildman–Crippen MR) is 204 cm³/mol. The average Bonchev–Trinajstić information content (AvgIpc) is 3.94. The molecule has 8 aliphatic carbocycles. The Morgan fingerprint density at radius 2 is 1.07 bits per heavy atom. The molecule has 6 saturated carbocycles. The fourth-order valence-electron chi connectivity index (χ4n) is 15.4. The van der Waals surface area contributed by atoms with Gasteiger partial charge in [0, 0.05) is 56.3 Å². The van der Waals surface area contributed by atoms with Gasteiger partial charge in [-0.25, -0.2) is 0 Å². The van der Waals surface area contributed by atoms with Gasteiger partial charge in [0.1, 0.15) is 12.2 Å². The van der Waals surface area contributed by atoms with Gasteiger partial charge in [-0.2, -0.15) is 0 Å². The van der Waals surface area contributed by atoms with Crippen molar-refractivity contribution in [1.29, 1.82) is 0 Å². The summed E-state index contributed by atoms with van der Waals surface area (Å²) >= 11 is 0. The summed E-state index contributed by atoms with van der Waals surface area (Å²) in [5.41, 5.74) is 3.20. The van der Waals surface area contributed by atoms with Crippen LogP contribution in [0, 0.1) is 57.2 Å². The van der Waals surface area contributed by atoms with Crippen LogP contribution in [0.25, 0.3) is 0 Å². The van der Waals surface area contributed by atoms with E-state index < -0.39 is 5.79 Å². The SMILES string of the molecule is CC(=O)O[C@H]1CC[C@@]2(C)C(=CC(=O)C3C2CC[C@@]2(C)C3CCC23OCCO3)C1.CC(=O)O[C@H]1CC[C@@]2(C)C(=CCC3C2CC[C@@]2(C)C3CCC23OCCO3)C1. The molecule has 2 saturated heterocycles. The van der Waals surface area contributed by atoms with E-state index in [9.17, 15) is 14.4 Å². The molecule has 0 bridgehead atoms. The van der Waals surface area contributed by atoms with E-state index >= 15 is 0 Å². The van der Waals surface area contributed by atoms with Gasteiger partial charge in [0.05, 0.1) is 26.4 Å². The molecule has 0 aromatic carbocycles. The molecule has 2 spiro atoms. The Morgan fingerprint density at radius 3 is 1.64 bits per heavy atom. The van der Waals surface area contributed by atoms with Crippen molar-refractivity contribution in [3.8, 4) is 0 Å². The van der Waals surface area contributed by atoms with Crippen LogP contribution in [0.15, 0.2) is 23.3 Å². The van der Waals surface area contributed by atoms with Crippen LogP contribution in [-0.2, 0) is 42.8 Å². The zero-order valence-electron chi connectivity index (χ0n) is 34.4. The Balaban J connectivity index is 0.000000144. The Morgan fingerprint density at radius 1 is 0.600 bits per heavy atom. The van der Waals surface area contributed by atoms with Crippen LogP contribution in [0.2, 0.25) is 0 Å². The van der Waals surface area contributed by atoms with E-state index in [1.807, 2.05) is 6.08 Å². The van der Waals surface area contributed by atoms with Crippen molar-refractivity contribution >= 4 is 17.7 Å². The highest BCUT2D eigenvalue weighted by molar-refractivity contribution is 5.94. The highest BCUT2D eigenvalue weighted by Crippen LogP contribution is 2.70. The van der Waals surface area contributed by atoms with E-state index in [4.69, 9.17) is 28.4 Å². The normalized spacial score (nSPS) is 47.1. The number of allylic oxidation sites excluding steroid dienone is 2. The number of carbonyl (C=O) groups is 3. The van der Waals surface area contributed by atoms with Gasteiger partial charge in [-0.05, 0) is 117 Å². The average molecular weight is 763 g/mol. The fourth-order valence-corrected chi connectivity index (χ4v) is 15.4. The smallest absolute Gasteiger partial charge is 0.302 e. The van der Waals surface area contributed by atoms with Gasteiger partial charge < -0.3 is 28.4 Å². The minimum Gasteiger partial charge on any atom is -0.462 e. The molecule has 2 aliphatic heterocycles. The first kappa shape index (κ1) is 38.4. The van der Waals surface area contributed by atoms with Crippen LogP contribution >= 0.6 is 0 Å². The summed E-state index contributed by atoms with van der Waals surface area (Å²) in [5.74, 6) is 2.13. The Bertz CT molecular complexity index is 1640. The Kier molecular flexibility index (Phi) is 9.43. The number of fused-ring (bicyclic) bond motifs is 12. The lowest BCUT2D eigenvalue weighted by Crippen LogP contribution is -2.57. The summed E-state index contributed by atoms with van der Waals surface area (Å²) in [6, 6.07) is 0. The van der Waals surface area contributed by atoms with Crippen LogP contribution in [0.5, 0.6) is 0 Å². The largest absolute Gasteiger partial charge is 0.462 e. The van der Waals surface area contributed by atoms with Crippen LogP contribution in [0.1, 0.15) is 138 Å². The molecule has 10 rings (SSSR count). The quantitative estimate of drug-likeness (QED) is 0.203. The molecule has 2 heterocycles. The van der Waals surface area contributed by atoms with E-state index in [1.54, 1.807) is 5.57 Å². The molecule has 10 aliphatic rings. The summed E-state index contributed by atoms with van der Waals surface area (Å²) in [7, 11) is 0. The second-order valence-electron chi connectivity index (χ2n) is 20.3. The fraction of sp³-hybridized carbons (Fsp3) is 0.848. The van der Waals surface area contributed by atoms with E-state index in [-0.39, 0.29) is 63.3 Å². The Labute approximate surface area is 328 Å². The third-order valence-corrected chi connectivity index (χ3v) is 18.2. The molecule has 304 valence electrons. The van der Waals surface area contributed by atoms with Crippen molar-refractivity contribution in [3.63, 3.8) is 0 Å². The molecule has 9 heteroatoms. The highest BCUT2D eigenvalue weighted by Gasteiger charge is 2.69. The van der Waals surface area contributed by atoms with E-state index in [0.717, 1.165) is 89.3 Å². The molecule has 0 aromatic rings. The van der Waals surface area contributed by atoms with E-state index in [1.165, 1.54) is 45.1 Å². The molecule has 9 nitrogen and oxygen atoms in total. The summed E-state index contributed by atoms with van der Waals surface area (Å²) in [6.45, 7) is 15.5. The highest BCUT2D eigenvalue weighted by atomic mass is 16.7. The topological polar surface area (TPSA) is 107 Å². The zero-order valence-corrected chi connectivity index (χ0v) is 34.4. The maximum atomic E-state index is 13.4. The van der Waals surface area contributed by atoms with Crippen molar-refractivity contribution in [1.82, 2.24) is 0 Å². The zero-order chi connectivity index (χ0) is 38.6. The van der Waals surface area contributed by atoms with Gasteiger partial charge in [0.2, 0.25) is 0 Å². The Hall–Kier alpha value is -2.07. The number of ether oxygens (including phenoxy) is 6. The number of esters is 2. The number of hydrogen-bond donors (Lipinski definition) is 0. The molecule has 12 atom stereocenters. The van der Waals surface area contributed by atoms with Crippen LogP contribution < -0.4 is 0 Å². The summed E-state index contributed by atoms with van der Waals surface area (Å²) in [6.07, 6.45) is 20.2. The molecule has 8 fully saturated rings. The van der Waals surface area contributed by atoms with Crippen LogP contribution in [0.4, 0.5) is 0 Å². The second kappa shape index (κ2) is 13.5. The first-order valence-corrected chi connectivity index (χ1v) is 22.0. The van der Waals surface area contributed by atoms with Crippen molar-refractivity contribution in [2.24, 2.45) is 57.2 Å². The molecular formula is C46H66O9. The number of ketones is 1. The molecule has 55 heavy (non-hydrogen) atoms. The monoisotopic (exact) mass is 762 g/mol. The minimum absolute atomic E-state index is 0.0453. The summed E-state index contributed by atoms with van der Waals surface area (Å²) in [4.78, 5) is 36.2. The number of carbonyl (C=O) groups excluding carboxylic acids is 3. The van der Waals surface area contributed by atoms with Crippen molar-refractivity contribution in [2.75, 3.05) is 26.4 Å². The molecule has 0 aromatic heterocycles. The predicted octanol–water partition coefficient (Wildman–Crippen LogP) is 8.43. The second-order valence-corrected chi connectivity index (χ2v) is 20.3. The third kappa shape index (κ3) is 5.68. The number of hydrogen-bond acceptors (Lipinski definition) is 9. The van der Waals surface area contributed by atoms with Gasteiger partial charge in [0.15, 0.2) is 17.4 Å². The third-order valence-electron chi connectivity index (χ3n) is 18.2. The minimum atomic E-state index is -0.471. The summed E-state index contributed by atoms with van der Waals surface area (Å²) < 4.78 is 35.9. The van der Waals surface area contributed by atoms with Gasteiger partial charge in [-0.1, -0.05) is 44.9 Å². The van der Waals surface area contributed by atoms with Gasteiger partial charge in [0.25, 0.3) is 0 Å². The van der Waals surface area contributed by atoms with E-state index in [2.05, 4.69) is 33.8 Å². The lowest BCUT2D eigenvalue weighted by atomic mass is 9.47. The van der Waals surface area contributed by atoms with E-state index in [0.29, 0.717) is 37.4 Å². The van der Waals surface area contributed by atoms with Crippen molar-refractivity contribution in [3.05, 3.63) is 23.3 Å². The van der Waals surface area contributed by atoms with Gasteiger partial charge in [-0.15, -0.1) is 0 Å². The van der Waals surface area contributed by atoms with Crippen molar-refractivity contribution < 1.29 is 42.8 Å². The van der Waals surface area contributed by atoms with Gasteiger partial charge >= 0.3 is 11.9 Å². The first-order valence-electron chi connectivity index (χ1n) is 22.0. The maximum Gasteiger partial charge on any atom is 0.302 e. The number of rotatable bonds is 2. The first-order chi connectivity index (χ1) is 26.2. The standard InChI is InChI=1S/C23H32O5.C23H34O4/c1-14(24)28-16-4-7-21(2)15(12-16)13-19(25)20-17(21)5-8-22(3)18(20)6-9-23(22)26-10-11-27-23;1-15(24)27-17-6-9-21(2)16(14-17)4-5-18-19(21)7-10-22(3)20(18)8-11-23(22)25-12-13-26-23/h13,16-18,20H,4-12H2,1-3H3;4,17-20H,5-14H2,1-3H3/t16-,17?,18?,20?,21-,22-;17-,18?,19?,20?,21-,22-/m00/s1. The van der Waals surface area contributed by atoms with Crippen molar-refractivity contribution in [2.45, 2.75) is 162 Å². The molecule has 0 N–H and O–H groups in total. The summed E-state index contributed by atoms with van der Waals surface area (Å²) in [5, 5.41) is 0.